The fraction of sp³-hybridized carbons (Fsp3) is 0.545. The van der Waals surface area contributed by atoms with Crippen molar-refractivity contribution in [2.24, 2.45) is 21.8 Å². The Hall–Kier alpha value is -1.88. The number of ether oxygens (including phenoxy) is 1. The van der Waals surface area contributed by atoms with E-state index in [1.54, 1.807) is 11.3 Å². The van der Waals surface area contributed by atoms with Gasteiger partial charge < -0.3 is 4.74 Å². The molecule has 0 spiro atoms. The Kier molecular flexibility index (Phi) is 4.53. The molecule has 4 nitrogen and oxygen atoms in total. The molecule has 5 heteroatoms. The molecule has 2 unspecified atom stereocenters. The molecule has 1 heterocycles. The quantitative estimate of drug-likeness (QED) is 0.632. The second-order valence-corrected chi connectivity index (χ2v) is 9.75. The maximum absolute atomic E-state index is 5.53. The predicted molar refractivity (Wildman–Crippen MR) is 114 cm³/mol. The average Bonchev–Trinajstić information content (AvgIpc) is 3.18. The summed E-state index contributed by atoms with van der Waals surface area (Å²) in [6, 6.07) is 8.15. The Labute approximate surface area is 166 Å². The van der Waals surface area contributed by atoms with E-state index in [1.807, 2.05) is 19.1 Å². The van der Waals surface area contributed by atoms with E-state index in [1.165, 1.54) is 23.4 Å². The van der Waals surface area contributed by atoms with Crippen molar-refractivity contribution in [2.45, 2.75) is 53.9 Å². The fourth-order valence-electron chi connectivity index (χ4n) is 4.80. The number of nitrogens with zero attached hydrogens (tertiary/aromatic N) is 2. The van der Waals surface area contributed by atoms with Crippen LogP contribution in [0.15, 0.2) is 29.4 Å². The Bertz CT molecular complexity index is 868. The highest BCUT2D eigenvalue weighted by atomic mass is 32.1. The molecule has 0 saturated heterocycles. The number of thiazole rings is 1. The third-order valence-electron chi connectivity index (χ3n) is 7.03. The normalized spacial score (nSPS) is 27.3. The van der Waals surface area contributed by atoms with Crippen molar-refractivity contribution >= 4 is 22.2 Å². The lowest BCUT2D eigenvalue weighted by atomic mass is 9.70. The number of benzene rings is 1. The van der Waals surface area contributed by atoms with Crippen LogP contribution in [0, 0.1) is 23.7 Å². The summed E-state index contributed by atoms with van der Waals surface area (Å²) < 4.78 is 5.53. The van der Waals surface area contributed by atoms with Crippen molar-refractivity contribution in [3.63, 3.8) is 0 Å². The number of fused-ring (bicyclic) bond motifs is 2. The molecule has 2 aliphatic carbocycles. The molecule has 2 saturated carbocycles. The molecular formula is C22H29N3OS. The number of hydrogen-bond acceptors (Lipinski definition) is 5. The van der Waals surface area contributed by atoms with Gasteiger partial charge in [0, 0.05) is 21.6 Å². The number of nitrogens with one attached hydrogen (secondary N) is 1. The predicted octanol–water partition coefficient (Wildman–Crippen LogP) is 6.13. The van der Waals surface area contributed by atoms with E-state index in [2.05, 4.69) is 45.3 Å². The molecule has 0 aliphatic heterocycles. The van der Waals surface area contributed by atoms with Gasteiger partial charge in [-0.15, -0.1) is 11.3 Å². The van der Waals surface area contributed by atoms with Crippen LogP contribution in [-0.4, -0.2) is 17.3 Å². The van der Waals surface area contributed by atoms with E-state index < -0.39 is 0 Å². The first-order valence-electron chi connectivity index (χ1n) is 9.89. The van der Waals surface area contributed by atoms with Crippen LogP contribution < -0.4 is 10.2 Å². The van der Waals surface area contributed by atoms with E-state index in [0.717, 1.165) is 34.5 Å². The molecule has 0 amide bonds. The second kappa shape index (κ2) is 6.62. The number of hydrazone groups is 1. The summed E-state index contributed by atoms with van der Waals surface area (Å²) in [7, 11) is 0. The molecule has 1 N–H and O–H groups in total. The topological polar surface area (TPSA) is 46.5 Å². The third-order valence-corrected chi connectivity index (χ3v) is 7.91. The van der Waals surface area contributed by atoms with E-state index >= 15 is 0 Å². The first kappa shape index (κ1) is 18.5. The molecule has 4 rings (SSSR count). The van der Waals surface area contributed by atoms with Crippen LogP contribution in [0.4, 0.5) is 5.13 Å². The van der Waals surface area contributed by atoms with Crippen LogP contribution in [0.3, 0.4) is 0 Å². The summed E-state index contributed by atoms with van der Waals surface area (Å²) in [4.78, 5) is 5.99. The van der Waals surface area contributed by atoms with Crippen LogP contribution in [0.2, 0.25) is 0 Å². The van der Waals surface area contributed by atoms with Gasteiger partial charge in [-0.25, -0.2) is 4.98 Å². The smallest absolute Gasteiger partial charge is 0.204 e. The Morgan fingerprint density at radius 3 is 2.59 bits per heavy atom. The van der Waals surface area contributed by atoms with Crippen molar-refractivity contribution in [1.82, 2.24) is 4.98 Å². The molecule has 2 bridgehead atoms. The highest BCUT2D eigenvalue weighted by Crippen LogP contribution is 2.63. The highest BCUT2D eigenvalue weighted by molar-refractivity contribution is 7.16. The molecule has 1 aromatic carbocycles. The van der Waals surface area contributed by atoms with Gasteiger partial charge in [-0.3, -0.25) is 5.43 Å². The minimum atomic E-state index is 0.217. The van der Waals surface area contributed by atoms with Gasteiger partial charge in [-0.05, 0) is 68.7 Å². The lowest BCUT2D eigenvalue weighted by Crippen LogP contribution is -2.32. The first-order valence-corrected chi connectivity index (χ1v) is 10.7. The Morgan fingerprint density at radius 1 is 1.26 bits per heavy atom. The van der Waals surface area contributed by atoms with Gasteiger partial charge in [0.15, 0.2) is 0 Å². The fourth-order valence-corrected chi connectivity index (χ4v) is 5.58. The van der Waals surface area contributed by atoms with Crippen LogP contribution in [0.1, 0.15) is 51.8 Å². The number of hydrogen-bond donors (Lipinski definition) is 1. The summed E-state index contributed by atoms with van der Waals surface area (Å²) >= 11 is 1.67. The van der Waals surface area contributed by atoms with Gasteiger partial charge >= 0.3 is 0 Å². The van der Waals surface area contributed by atoms with E-state index in [4.69, 9.17) is 14.8 Å². The summed E-state index contributed by atoms with van der Waals surface area (Å²) in [5.74, 6) is 1.66. The molecule has 2 fully saturated rings. The molecule has 0 radical (unpaired) electrons. The monoisotopic (exact) mass is 383 g/mol. The van der Waals surface area contributed by atoms with Crippen molar-refractivity contribution < 1.29 is 4.74 Å². The molecule has 2 aromatic rings. The number of rotatable bonds is 5. The van der Waals surface area contributed by atoms with Crippen LogP contribution in [-0.2, 0) is 0 Å². The molecule has 144 valence electrons. The van der Waals surface area contributed by atoms with Crippen LogP contribution >= 0.6 is 11.3 Å². The van der Waals surface area contributed by atoms with Gasteiger partial charge in [0.25, 0.3) is 0 Å². The van der Waals surface area contributed by atoms with Gasteiger partial charge in [0.1, 0.15) is 5.75 Å². The standard InChI is InChI=1S/C22H29N3OS/c1-6-26-17-9-7-15(8-10-17)19-14(2)27-20(23-19)25-24-18-13-16-11-12-22(18,5)21(16,3)4/h7-10,16H,6,11-13H2,1-5H3,(H,23,25)/b24-18-. The third kappa shape index (κ3) is 2.96. The van der Waals surface area contributed by atoms with Gasteiger partial charge in [-0.1, -0.05) is 20.8 Å². The number of aromatic nitrogens is 1. The lowest BCUT2D eigenvalue weighted by Gasteiger charge is -2.34. The van der Waals surface area contributed by atoms with E-state index in [-0.39, 0.29) is 5.41 Å². The van der Waals surface area contributed by atoms with Crippen molar-refractivity contribution in [3.05, 3.63) is 29.1 Å². The number of anilines is 1. The van der Waals surface area contributed by atoms with Crippen molar-refractivity contribution in [1.29, 1.82) is 0 Å². The zero-order valence-corrected chi connectivity index (χ0v) is 17.7. The lowest BCUT2D eigenvalue weighted by molar-refractivity contribution is 0.194. The summed E-state index contributed by atoms with van der Waals surface area (Å²) in [5.41, 5.74) is 7.28. The summed E-state index contributed by atoms with van der Waals surface area (Å²) in [5, 5.41) is 5.69. The molecular weight excluding hydrogens is 354 g/mol. The van der Waals surface area contributed by atoms with Gasteiger partial charge in [0.2, 0.25) is 5.13 Å². The van der Waals surface area contributed by atoms with E-state index in [9.17, 15) is 0 Å². The molecule has 27 heavy (non-hydrogen) atoms. The maximum Gasteiger partial charge on any atom is 0.204 e. The maximum atomic E-state index is 5.53. The average molecular weight is 384 g/mol. The SMILES string of the molecule is CCOc1ccc(-c2nc(N/N=C3/CC4CCC3(C)C4(C)C)sc2C)cc1. The minimum Gasteiger partial charge on any atom is -0.494 e. The van der Waals surface area contributed by atoms with Crippen LogP contribution in [0.5, 0.6) is 5.75 Å². The van der Waals surface area contributed by atoms with Gasteiger partial charge in [-0.2, -0.15) is 5.10 Å². The van der Waals surface area contributed by atoms with Crippen LogP contribution in [0.25, 0.3) is 11.3 Å². The first-order chi connectivity index (χ1) is 12.8. The van der Waals surface area contributed by atoms with Crippen molar-refractivity contribution in [3.8, 4) is 17.0 Å². The number of aryl methyl sites for hydroxylation is 1. The highest BCUT2D eigenvalue weighted by Gasteiger charge is 2.59. The second-order valence-electron chi connectivity index (χ2n) is 8.55. The van der Waals surface area contributed by atoms with Crippen molar-refractivity contribution in [2.75, 3.05) is 12.0 Å². The van der Waals surface area contributed by atoms with E-state index in [0.29, 0.717) is 12.0 Å². The Balaban J connectivity index is 1.53. The summed E-state index contributed by atoms with van der Waals surface area (Å²) in [6.45, 7) is 12.0. The van der Waals surface area contributed by atoms with Gasteiger partial charge in [0.05, 0.1) is 12.3 Å². The summed E-state index contributed by atoms with van der Waals surface area (Å²) in [6.07, 6.45) is 3.70. The molecule has 2 atom stereocenters. The Morgan fingerprint density at radius 2 is 2.00 bits per heavy atom. The molecule has 2 aliphatic rings. The zero-order chi connectivity index (χ0) is 19.2. The largest absolute Gasteiger partial charge is 0.494 e. The zero-order valence-electron chi connectivity index (χ0n) is 16.9. The molecule has 1 aromatic heterocycles. The minimum absolute atomic E-state index is 0.217.